The van der Waals surface area contributed by atoms with Crippen molar-refractivity contribution >= 4 is 39.7 Å². The first-order valence-electron chi connectivity index (χ1n) is 7.86. The molecule has 3 aromatic carbocycles. The summed E-state index contributed by atoms with van der Waals surface area (Å²) in [5.41, 5.74) is 2.52. The average molecular weight is 339 g/mol. The normalized spacial score (nSPS) is 12.0. The predicted molar refractivity (Wildman–Crippen MR) is 102 cm³/mol. The zero-order chi connectivity index (χ0) is 17.1. The van der Waals surface area contributed by atoms with Crippen LogP contribution in [0, 0.1) is 6.92 Å². The molecule has 0 aliphatic rings. The molecular formula is C20H19ClN2O. The Hall–Kier alpha value is -2.52. The fourth-order valence-electron chi connectivity index (χ4n) is 2.58. The Morgan fingerprint density at radius 2 is 1.75 bits per heavy atom. The third-order valence-corrected chi connectivity index (χ3v) is 4.46. The first-order chi connectivity index (χ1) is 11.5. The molecule has 0 aliphatic carbocycles. The minimum absolute atomic E-state index is 0.103. The van der Waals surface area contributed by atoms with E-state index in [4.69, 9.17) is 11.6 Å². The molecule has 3 nitrogen and oxygen atoms in total. The Morgan fingerprint density at radius 1 is 1.00 bits per heavy atom. The van der Waals surface area contributed by atoms with Crippen molar-refractivity contribution in [2.24, 2.45) is 0 Å². The van der Waals surface area contributed by atoms with Crippen molar-refractivity contribution in [3.05, 3.63) is 71.2 Å². The van der Waals surface area contributed by atoms with Gasteiger partial charge < -0.3 is 10.6 Å². The number of anilines is 2. The lowest BCUT2D eigenvalue weighted by atomic mass is 10.1. The summed E-state index contributed by atoms with van der Waals surface area (Å²) >= 11 is 6.10. The third kappa shape index (κ3) is 3.52. The van der Waals surface area contributed by atoms with E-state index in [2.05, 4.69) is 22.8 Å². The lowest BCUT2D eigenvalue weighted by Crippen LogP contribution is -2.32. The molecule has 0 aromatic heterocycles. The van der Waals surface area contributed by atoms with Gasteiger partial charge in [-0.2, -0.15) is 0 Å². The van der Waals surface area contributed by atoms with E-state index in [1.165, 1.54) is 5.39 Å². The zero-order valence-corrected chi connectivity index (χ0v) is 14.4. The molecule has 4 heteroatoms. The molecule has 122 valence electrons. The van der Waals surface area contributed by atoms with E-state index >= 15 is 0 Å². The smallest absolute Gasteiger partial charge is 0.246 e. The largest absolute Gasteiger partial charge is 0.374 e. The summed E-state index contributed by atoms with van der Waals surface area (Å²) in [5, 5.41) is 9.12. The molecule has 0 unspecified atom stereocenters. The van der Waals surface area contributed by atoms with Crippen LogP contribution in [0.5, 0.6) is 0 Å². The summed E-state index contributed by atoms with van der Waals surface area (Å²) in [5.74, 6) is -0.103. The maximum atomic E-state index is 12.4. The molecule has 3 rings (SSSR count). The van der Waals surface area contributed by atoms with Gasteiger partial charge in [-0.15, -0.1) is 0 Å². The van der Waals surface area contributed by atoms with Crippen LogP contribution in [0.1, 0.15) is 12.5 Å². The van der Waals surface area contributed by atoms with Crippen LogP contribution < -0.4 is 10.6 Å². The first kappa shape index (κ1) is 16.3. The van der Waals surface area contributed by atoms with Crippen LogP contribution in [0.25, 0.3) is 10.8 Å². The quantitative estimate of drug-likeness (QED) is 0.683. The Kier molecular flexibility index (Phi) is 4.72. The van der Waals surface area contributed by atoms with Crippen molar-refractivity contribution in [3.63, 3.8) is 0 Å². The zero-order valence-electron chi connectivity index (χ0n) is 13.6. The highest BCUT2D eigenvalue weighted by molar-refractivity contribution is 6.31. The Balaban J connectivity index is 1.72. The summed E-state index contributed by atoms with van der Waals surface area (Å²) in [6, 6.07) is 19.3. The van der Waals surface area contributed by atoms with Crippen molar-refractivity contribution < 1.29 is 4.79 Å². The van der Waals surface area contributed by atoms with Gasteiger partial charge in [-0.25, -0.2) is 0 Å². The molecular weight excluding hydrogens is 320 g/mol. The van der Waals surface area contributed by atoms with Gasteiger partial charge in [-0.3, -0.25) is 4.79 Å². The Labute approximate surface area is 146 Å². The summed E-state index contributed by atoms with van der Waals surface area (Å²) in [7, 11) is 0. The lowest BCUT2D eigenvalue weighted by molar-refractivity contribution is -0.116. The summed E-state index contributed by atoms with van der Waals surface area (Å²) in [4.78, 5) is 12.4. The Bertz CT molecular complexity index is 892. The molecule has 0 saturated heterocycles. The fourth-order valence-corrected chi connectivity index (χ4v) is 2.75. The number of nitrogens with one attached hydrogen (secondary N) is 2. The minimum Gasteiger partial charge on any atom is -0.374 e. The SMILES string of the molecule is Cc1c(Cl)cccc1NC(=O)[C@H](C)Nc1ccc2ccccc2c1. The second-order valence-electron chi connectivity index (χ2n) is 5.83. The number of hydrogen-bond donors (Lipinski definition) is 2. The van der Waals surface area contributed by atoms with Gasteiger partial charge in [-0.1, -0.05) is 48.0 Å². The number of amides is 1. The van der Waals surface area contributed by atoms with E-state index in [0.717, 1.165) is 22.3 Å². The second-order valence-corrected chi connectivity index (χ2v) is 6.24. The first-order valence-corrected chi connectivity index (χ1v) is 8.24. The number of halogens is 1. The van der Waals surface area contributed by atoms with Crippen molar-refractivity contribution in [1.29, 1.82) is 0 Å². The van der Waals surface area contributed by atoms with Gasteiger partial charge in [0.2, 0.25) is 5.91 Å². The van der Waals surface area contributed by atoms with Crippen LogP contribution in [-0.2, 0) is 4.79 Å². The number of fused-ring (bicyclic) bond motifs is 1. The maximum absolute atomic E-state index is 12.4. The van der Waals surface area contributed by atoms with E-state index in [0.29, 0.717) is 5.02 Å². The monoisotopic (exact) mass is 338 g/mol. The van der Waals surface area contributed by atoms with Crippen LogP contribution in [0.15, 0.2) is 60.7 Å². The molecule has 1 atom stereocenters. The highest BCUT2D eigenvalue weighted by Gasteiger charge is 2.14. The molecule has 0 radical (unpaired) electrons. The fraction of sp³-hybridized carbons (Fsp3) is 0.150. The lowest BCUT2D eigenvalue weighted by Gasteiger charge is -2.17. The average Bonchev–Trinajstić information content (AvgIpc) is 2.58. The van der Waals surface area contributed by atoms with E-state index in [1.807, 2.05) is 62.4 Å². The second kappa shape index (κ2) is 6.93. The molecule has 1 amide bonds. The molecule has 0 heterocycles. The molecule has 24 heavy (non-hydrogen) atoms. The summed E-state index contributed by atoms with van der Waals surface area (Å²) in [6.45, 7) is 3.73. The van der Waals surface area contributed by atoms with Crippen LogP contribution in [-0.4, -0.2) is 11.9 Å². The summed E-state index contributed by atoms with van der Waals surface area (Å²) in [6.07, 6.45) is 0. The van der Waals surface area contributed by atoms with Gasteiger partial charge in [0.05, 0.1) is 0 Å². The summed E-state index contributed by atoms with van der Waals surface area (Å²) < 4.78 is 0. The number of carbonyl (C=O) groups excluding carboxylic acids is 1. The van der Waals surface area contributed by atoms with E-state index in [1.54, 1.807) is 0 Å². The molecule has 0 aliphatic heterocycles. The van der Waals surface area contributed by atoms with Crippen molar-refractivity contribution in [1.82, 2.24) is 0 Å². The van der Waals surface area contributed by atoms with Crippen LogP contribution in [0.3, 0.4) is 0 Å². The number of carbonyl (C=O) groups is 1. The van der Waals surface area contributed by atoms with Crippen molar-refractivity contribution in [2.45, 2.75) is 19.9 Å². The molecule has 0 saturated carbocycles. The van der Waals surface area contributed by atoms with E-state index < -0.39 is 0 Å². The van der Waals surface area contributed by atoms with Crippen LogP contribution in [0.2, 0.25) is 5.02 Å². The Morgan fingerprint density at radius 3 is 2.54 bits per heavy atom. The molecule has 2 N–H and O–H groups in total. The number of benzene rings is 3. The molecule has 0 spiro atoms. The van der Waals surface area contributed by atoms with Gasteiger partial charge >= 0.3 is 0 Å². The minimum atomic E-state index is -0.371. The highest BCUT2D eigenvalue weighted by Crippen LogP contribution is 2.23. The molecule has 0 fully saturated rings. The van der Waals surface area contributed by atoms with Gasteiger partial charge in [-0.05, 0) is 54.4 Å². The van der Waals surface area contributed by atoms with Gasteiger partial charge in [0.1, 0.15) is 6.04 Å². The predicted octanol–water partition coefficient (Wildman–Crippen LogP) is 5.24. The third-order valence-electron chi connectivity index (χ3n) is 4.05. The van der Waals surface area contributed by atoms with Gasteiger partial charge in [0.15, 0.2) is 0 Å². The number of hydrogen-bond acceptors (Lipinski definition) is 2. The van der Waals surface area contributed by atoms with Crippen LogP contribution in [0.4, 0.5) is 11.4 Å². The highest BCUT2D eigenvalue weighted by atomic mass is 35.5. The maximum Gasteiger partial charge on any atom is 0.246 e. The molecule has 3 aromatic rings. The van der Waals surface area contributed by atoms with Crippen molar-refractivity contribution in [3.8, 4) is 0 Å². The van der Waals surface area contributed by atoms with Gasteiger partial charge in [0.25, 0.3) is 0 Å². The van der Waals surface area contributed by atoms with Crippen molar-refractivity contribution in [2.75, 3.05) is 10.6 Å². The number of rotatable bonds is 4. The van der Waals surface area contributed by atoms with E-state index in [-0.39, 0.29) is 11.9 Å². The van der Waals surface area contributed by atoms with Crippen LogP contribution >= 0.6 is 11.6 Å². The van der Waals surface area contributed by atoms with E-state index in [9.17, 15) is 4.79 Å². The standard InChI is InChI=1S/C20H19ClN2O/c1-13-18(21)8-5-9-19(13)23-20(24)14(2)22-17-11-10-15-6-3-4-7-16(15)12-17/h3-12,14,22H,1-2H3,(H,23,24)/t14-/m0/s1. The molecule has 0 bridgehead atoms. The van der Waals surface area contributed by atoms with Gasteiger partial charge in [0, 0.05) is 16.4 Å². The topological polar surface area (TPSA) is 41.1 Å².